The van der Waals surface area contributed by atoms with Crippen LogP contribution in [-0.2, 0) is 4.74 Å². The highest BCUT2D eigenvalue weighted by molar-refractivity contribution is 7.18. The molecule has 1 aromatic carbocycles. The first-order valence-electron chi connectivity index (χ1n) is 8.35. The molecular formula is C19H20Cl2N2O4S. The first-order chi connectivity index (χ1) is 13.0. The Kier molecular flexibility index (Phi) is 7.09. The number of carbonyl (C=O) groups excluding carboxylic acids is 3. The van der Waals surface area contributed by atoms with Crippen LogP contribution in [0.25, 0.3) is 0 Å². The largest absolute Gasteiger partial charge is 0.459 e. The highest BCUT2D eigenvalue weighted by atomic mass is 35.5. The van der Waals surface area contributed by atoms with Crippen molar-refractivity contribution in [2.75, 3.05) is 19.4 Å². The van der Waals surface area contributed by atoms with Crippen molar-refractivity contribution in [2.24, 2.45) is 0 Å². The molecule has 0 aliphatic carbocycles. The van der Waals surface area contributed by atoms with Crippen molar-refractivity contribution in [3.05, 3.63) is 49.8 Å². The van der Waals surface area contributed by atoms with Gasteiger partial charge in [-0.15, -0.1) is 11.3 Å². The van der Waals surface area contributed by atoms with E-state index in [1.54, 1.807) is 34.9 Å². The number of anilines is 1. The second-order valence-electron chi connectivity index (χ2n) is 6.49. The monoisotopic (exact) mass is 442 g/mol. The van der Waals surface area contributed by atoms with E-state index >= 15 is 0 Å². The van der Waals surface area contributed by atoms with E-state index in [1.807, 2.05) is 0 Å². The molecule has 0 atom stereocenters. The number of rotatable bonds is 5. The molecule has 2 amide bonds. The van der Waals surface area contributed by atoms with E-state index in [1.165, 1.54) is 23.1 Å². The van der Waals surface area contributed by atoms with Crippen molar-refractivity contribution in [1.82, 2.24) is 4.90 Å². The Labute approximate surface area is 177 Å². The summed E-state index contributed by atoms with van der Waals surface area (Å²) in [6.07, 6.45) is -0.353. The summed E-state index contributed by atoms with van der Waals surface area (Å²) in [5.41, 5.74) is 0.801. The first kappa shape index (κ1) is 22.2. The Morgan fingerprint density at radius 2 is 1.82 bits per heavy atom. The van der Waals surface area contributed by atoms with E-state index in [4.69, 9.17) is 27.9 Å². The highest BCUT2D eigenvalue weighted by Crippen LogP contribution is 2.35. The van der Waals surface area contributed by atoms with Gasteiger partial charge in [0.1, 0.15) is 5.00 Å². The average molecular weight is 443 g/mol. The van der Waals surface area contributed by atoms with Crippen LogP contribution >= 0.6 is 34.5 Å². The number of nitrogens with zero attached hydrogens (tertiary/aromatic N) is 1. The van der Waals surface area contributed by atoms with Crippen LogP contribution in [0.4, 0.5) is 5.00 Å². The standard InChI is InChI=1S/C19H20Cl2N2O4S/c1-9(2)27-19(26)14-10(3)15(18(25)23(4)5)28-17(14)22-16(24)12-7-6-11(20)8-13(12)21/h6-9H,1-5H3,(H,22,24). The van der Waals surface area contributed by atoms with Gasteiger partial charge in [-0.25, -0.2) is 4.79 Å². The predicted octanol–water partition coefficient (Wildman–Crippen LogP) is 4.88. The van der Waals surface area contributed by atoms with Gasteiger partial charge in [-0.1, -0.05) is 23.2 Å². The number of thiophene rings is 1. The number of amides is 2. The van der Waals surface area contributed by atoms with Crippen molar-refractivity contribution < 1.29 is 19.1 Å². The van der Waals surface area contributed by atoms with Crippen molar-refractivity contribution in [2.45, 2.75) is 26.9 Å². The van der Waals surface area contributed by atoms with Gasteiger partial charge in [-0.05, 0) is 44.5 Å². The Balaban J connectivity index is 2.49. The maximum atomic E-state index is 12.7. The van der Waals surface area contributed by atoms with Crippen LogP contribution in [-0.4, -0.2) is 42.9 Å². The zero-order valence-corrected chi connectivity index (χ0v) is 18.4. The van der Waals surface area contributed by atoms with Gasteiger partial charge >= 0.3 is 5.97 Å². The molecule has 1 heterocycles. The third-order valence-electron chi connectivity index (χ3n) is 3.70. The third-order valence-corrected chi connectivity index (χ3v) is 5.44. The summed E-state index contributed by atoms with van der Waals surface area (Å²) >= 11 is 13.0. The molecule has 9 heteroatoms. The Hall–Kier alpha value is -2.09. The van der Waals surface area contributed by atoms with Crippen LogP contribution in [0, 0.1) is 6.92 Å². The average Bonchev–Trinajstić information content (AvgIpc) is 2.89. The van der Waals surface area contributed by atoms with E-state index in [9.17, 15) is 14.4 Å². The molecule has 150 valence electrons. The number of halogens is 2. The van der Waals surface area contributed by atoms with Crippen LogP contribution in [0.2, 0.25) is 10.0 Å². The van der Waals surface area contributed by atoms with E-state index in [0.29, 0.717) is 15.5 Å². The molecule has 0 saturated carbocycles. The molecular weight excluding hydrogens is 423 g/mol. The van der Waals surface area contributed by atoms with Crippen LogP contribution in [0.3, 0.4) is 0 Å². The lowest BCUT2D eigenvalue weighted by atomic mass is 10.1. The Bertz CT molecular complexity index is 938. The minimum atomic E-state index is -0.612. The van der Waals surface area contributed by atoms with E-state index < -0.39 is 11.9 Å². The zero-order valence-electron chi connectivity index (χ0n) is 16.1. The second-order valence-corrected chi connectivity index (χ2v) is 8.36. The molecule has 28 heavy (non-hydrogen) atoms. The molecule has 0 bridgehead atoms. The van der Waals surface area contributed by atoms with Crippen molar-refractivity contribution >= 4 is 57.3 Å². The van der Waals surface area contributed by atoms with Gasteiger partial charge in [0.2, 0.25) is 0 Å². The summed E-state index contributed by atoms with van der Waals surface area (Å²) in [4.78, 5) is 39.5. The number of hydrogen-bond acceptors (Lipinski definition) is 5. The third kappa shape index (κ3) is 4.84. The van der Waals surface area contributed by atoms with Crippen LogP contribution < -0.4 is 5.32 Å². The fourth-order valence-corrected chi connectivity index (χ4v) is 4.08. The first-order valence-corrected chi connectivity index (χ1v) is 9.92. The number of hydrogen-bond donors (Lipinski definition) is 1. The van der Waals surface area contributed by atoms with E-state index in [-0.39, 0.29) is 33.2 Å². The minimum Gasteiger partial charge on any atom is -0.459 e. The van der Waals surface area contributed by atoms with Crippen LogP contribution in [0.1, 0.15) is 49.8 Å². The van der Waals surface area contributed by atoms with Crippen molar-refractivity contribution in [3.63, 3.8) is 0 Å². The summed E-state index contributed by atoms with van der Waals surface area (Å²) in [6.45, 7) is 5.09. The molecule has 0 aliphatic heterocycles. The van der Waals surface area contributed by atoms with E-state index in [2.05, 4.69) is 5.32 Å². The summed E-state index contributed by atoms with van der Waals surface area (Å²) in [5, 5.41) is 3.48. The fourth-order valence-electron chi connectivity index (χ4n) is 2.37. The number of carbonyl (C=O) groups is 3. The molecule has 1 N–H and O–H groups in total. The van der Waals surface area contributed by atoms with Gasteiger partial charge in [0, 0.05) is 19.1 Å². The number of ether oxygens (including phenoxy) is 1. The topological polar surface area (TPSA) is 75.7 Å². The predicted molar refractivity (Wildman–Crippen MR) is 112 cm³/mol. The lowest BCUT2D eigenvalue weighted by Gasteiger charge is -2.11. The van der Waals surface area contributed by atoms with Crippen molar-refractivity contribution in [1.29, 1.82) is 0 Å². The second kappa shape index (κ2) is 8.94. The summed E-state index contributed by atoms with van der Waals surface area (Å²) in [5.74, 6) is -1.41. The van der Waals surface area contributed by atoms with Gasteiger partial charge in [0.25, 0.3) is 11.8 Å². The molecule has 0 aliphatic rings. The molecule has 0 spiro atoms. The molecule has 0 fully saturated rings. The van der Waals surface area contributed by atoms with Crippen LogP contribution in [0.5, 0.6) is 0 Å². The van der Waals surface area contributed by atoms with Gasteiger partial charge in [-0.2, -0.15) is 0 Å². The molecule has 6 nitrogen and oxygen atoms in total. The smallest absolute Gasteiger partial charge is 0.341 e. The number of nitrogens with one attached hydrogen (secondary N) is 1. The number of esters is 1. The quantitative estimate of drug-likeness (QED) is 0.669. The molecule has 2 aromatic rings. The maximum absolute atomic E-state index is 12.7. The Morgan fingerprint density at radius 1 is 1.18 bits per heavy atom. The van der Waals surface area contributed by atoms with Gasteiger partial charge in [-0.3, -0.25) is 9.59 Å². The fraction of sp³-hybridized carbons (Fsp3) is 0.316. The normalized spacial score (nSPS) is 10.7. The maximum Gasteiger partial charge on any atom is 0.341 e. The summed E-state index contributed by atoms with van der Waals surface area (Å²) in [7, 11) is 3.22. The Morgan fingerprint density at radius 3 is 2.36 bits per heavy atom. The molecule has 0 saturated heterocycles. The minimum absolute atomic E-state index is 0.155. The lowest BCUT2D eigenvalue weighted by Crippen LogP contribution is -2.21. The van der Waals surface area contributed by atoms with Gasteiger partial charge in [0.05, 0.1) is 27.1 Å². The van der Waals surface area contributed by atoms with Crippen molar-refractivity contribution in [3.8, 4) is 0 Å². The SMILES string of the molecule is Cc1c(C(=O)N(C)C)sc(NC(=O)c2ccc(Cl)cc2Cl)c1C(=O)OC(C)C. The molecule has 1 aromatic heterocycles. The van der Waals surface area contributed by atoms with Crippen LogP contribution in [0.15, 0.2) is 18.2 Å². The number of benzene rings is 1. The molecule has 0 radical (unpaired) electrons. The molecule has 0 unspecified atom stereocenters. The zero-order chi connectivity index (χ0) is 21.2. The lowest BCUT2D eigenvalue weighted by molar-refractivity contribution is 0.0379. The van der Waals surface area contributed by atoms with Gasteiger partial charge < -0.3 is 15.0 Å². The summed E-state index contributed by atoms with van der Waals surface area (Å²) in [6, 6.07) is 4.47. The highest BCUT2D eigenvalue weighted by Gasteiger charge is 2.28. The molecule has 2 rings (SSSR count). The van der Waals surface area contributed by atoms with E-state index in [0.717, 1.165) is 11.3 Å². The summed E-state index contributed by atoms with van der Waals surface area (Å²) < 4.78 is 5.29. The van der Waals surface area contributed by atoms with Gasteiger partial charge in [0.15, 0.2) is 0 Å².